The summed E-state index contributed by atoms with van der Waals surface area (Å²) in [6.07, 6.45) is 4.97. The van der Waals surface area contributed by atoms with E-state index in [2.05, 4.69) is 0 Å². The fraction of sp³-hybridized carbons (Fsp3) is 1.00. The molecule has 0 heterocycles. The molecule has 0 saturated heterocycles. The van der Waals surface area contributed by atoms with Crippen LogP contribution in [0.25, 0.3) is 0 Å². The normalized spacial score (nSPS) is 20.7. The van der Waals surface area contributed by atoms with E-state index in [1.807, 2.05) is 20.8 Å². The lowest BCUT2D eigenvalue weighted by atomic mass is 9.82. The van der Waals surface area contributed by atoms with Crippen molar-refractivity contribution in [3.8, 4) is 0 Å². The van der Waals surface area contributed by atoms with Crippen LogP contribution in [0, 0.1) is 11.3 Å². The zero-order chi connectivity index (χ0) is 13.1. The minimum Gasteiger partial charge on any atom is -0.378 e. The highest BCUT2D eigenvalue weighted by atomic mass is 32.2. The maximum absolute atomic E-state index is 11.2. The van der Waals surface area contributed by atoms with Gasteiger partial charge in [-0.1, -0.05) is 33.6 Å². The van der Waals surface area contributed by atoms with Gasteiger partial charge in [-0.25, -0.2) is 13.6 Å². The van der Waals surface area contributed by atoms with Crippen LogP contribution in [-0.4, -0.2) is 26.9 Å². The van der Waals surface area contributed by atoms with Crippen molar-refractivity contribution in [2.45, 2.75) is 52.6 Å². The molecule has 1 aliphatic rings. The van der Waals surface area contributed by atoms with Gasteiger partial charge in [0.2, 0.25) is 10.0 Å². The topological polar surface area (TPSA) is 69.4 Å². The van der Waals surface area contributed by atoms with Crippen molar-refractivity contribution in [3.05, 3.63) is 0 Å². The van der Waals surface area contributed by atoms with Gasteiger partial charge in [-0.15, -0.1) is 0 Å². The molecule has 0 radical (unpaired) electrons. The number of hydrogen-bond acceptors (Lipinski definition) is 3. The molecule has 5 heteroatoms. The van der Waals surface area contributed by atoms with Crippen LogP contribution in [0.2, 0.25) is 0 Å². The first-order valence-electron chi connectivity index (χ1n) is 6.30. The number of nitrogens with two attached hydrogens (primary N) is 1. The summed E-state index contributed by atoms with van der Waals surface area (Å²) >= 11 is 0. The minimum atomic E-state index is -3.43. The van der Waals surface area contributed by atoms with E-state index in [-0.39, 0.29) is 17.1 Å². The third-order valence-electron chi connectivity index (χ3n) is 3.49. The van der Waals surface area contributed by atoms with Crippen molar-refractivity contribution in [1.29, 1.82) is 0 Å². The highest BCUT2D eigenvalue weighted by Crippen LogP contribution is 2.29. The van der Waals surface area contributed by atoms with E-state index in [1.165, 1.54) is 12.8 Å². The molecule has 0 bridgehead atoms. The van der Waals surface area contributed by atoms with Crippen molar-refractivity contribution < 1.29 is 13.2 Å². The molecule has 0 amide bonds. The van der Waals surface area contributed by atoms with Gasteiger partial charge < -0.3 is 4.74 Å². The number of hydrogen-bond donors (Lipinski definition) is 1. The summed E-state index contributed by atoms with van der Waals surface area (Å²) in [5, 5.41) is 5.13. The SMILES string of the molecule is CC(C)(C)C(COC1CCCC1)CS(N)(=O)=O. The van der Waals surface area contributed by atoms with E-state index in [4.69, 9.17) is 9.88 Å². The Bertz CT molecular complexity index is 326. The lowest BCUT2D eigenvalue weighted by Gasteiger charge is -2.30. The smallest absolute Gasteiger partial charge is 0.209 e. The number of ether oxygens (including phenoxy) is 1. The molecular formula is C12H25NO3S. The van der Waals surface area contributed by atoms with E-state index in [0.717, 1.165) is 12.8 Å². The van der Waals surface area contributed by atoms with Crippen LogP contribution in [0.4, 0.5) is 0 Å². The molecule has 0 aliphatic heterocycles. The van der Waals surface area contributed by atoms with Crippen LogP contribution in [0.3, 0.4) is 0 Å². The Morgan fingerprint density at radius 1 is 1.29 bits per heavy atom. The zero-order valence-electron chi connectivity index (χ0n) is 11.1. The molecule has 1 fully saturated rings. The molecule has 102 valence electrons. The Hall–Kier alpha value is -0.130. The van der Waals surface area contributed by atoms with E-state index in [9.17, 15) is 8.42 Å². The van der Waals surface area contributed by atoms with Gasteiger partial charge in [0.05, 0.1) is 18.5 Å². The third-order valence-corrected chi connectivity index (χ3v) is 4.36. The van der Waals surface area contributed by atoms with E-state index < -0.39 is 10.0 Å². The Morgan fingerprint density at radius 3 is 2.24 bits per heavy atom. The van der Waals surface area contributed by atoms with Crippen LogP contribution in [0.1, 0.15) is 46.5 Å². The van der Waals surface area contributed by atoms with Gasteiger partial charge >= 0.3 is 0 Å². The first kappa shape index (κ1) is 14.9. The third kappa shape index (κ3) is 5.84. The second-order valence-corrected chi connectivity index (χ2v) is 7.79. The highest BCUT2D eigenvalue weighted by molar-refractivity contribution is 7.89. The largest absolute Gasteiger partial charge is 0.378 e. The molecule has 1 aliphatic carbocycles. The van der Waals surface area contributed by atoms with E-state index in [0.29, 0.717) is 12.7 Å². The van der Waals surface area contributed by atoms with Crippen molar-refractivity contribution >= 4 is 10.0 Å². The quantitative estimate of drug-likeness (QED) is 0.823. The summed E-state index contributed by atoms with van der Waals surface area (Å²) < 4.78 is 28.2. The monoisotopic (exact) mass is 263 g/mol. The van der Waals surface area contributed by atoms with Crippen molar-refractivity contribution in [1.82, 2.24) is 0 Å². The predicted octanol–water partition coefficient (Wildman–Crippen LogP) is 1.90. The lowest BCUT2D eigenvalue weighted by Crippen LogP contribution is -2.35. The van der Waals surface area contributed by atoms with Gasteiger partial charge in [0.1, 0.15) is 0 Å². The molecule has 2 N–H and O–H groups in total. The van der Waals surface area contributed by atoms with Gasteiger partial charge in [0.15, 0.2) is 0 Å². The van der Waals surface area contributed by atoms with Gasteiger partial charge in [-0.2, -0.15) is 0 Å². The Morgan fingerprint density at radius 2 is 1.82 bits per heavy atom. The summed E-state index contributed by atoms with van der Waals surface area (Å²) in [5.41, 5.74) is -0.106. The van der Waals surface area contributed by atoms with Gasteiger partial charge in [-0.05, 0) is 18.3 Å². The summed E-state index contributed by atoms with van der Waals surface area (Å²) in [6, 6.07) is 0. The molecule has 0 aromatic heterocycles. The van der Waals surface area contributed by atoms with Crippen molar-refractivity contribution in [2.24, 2.45) is 16.5 Å². The molecule has 17 heavy (non-hydrogen) atoms. The van der Waals surface area contributed by atoms with Gasteiger partial charge in [0, 0.05) is 5.92 Å². The first-order chi connectivity index (χ1) is 7.68. The van der Waals surface area contributed by atoms with Crippen LogP contribution < -0.4 is 5.14 Å². The molecule has 0 spiro atoms. The summed E-state index contributed by atoms with van der Waals surface area (Å²) in [6.45, 7) is 6.58. The van der Waals surface area contributed by atoms with Gasteiger partial charge in [-0.3, -0.25) is 0 Å². The zero-order valence-corrected chi connectivity index (χ0v) is 11.9. The first-order valence-corrected chi connectivity index (χ1v) is 8.02. The molecule has 4 nitrogen and oxygen atoms in total. The summed E-state index contributed by atoms with van der Waals surface area (Å²) in [4.78, 5) is 0. The molecule has 0 aromatic rings. The molecule has 1 rings (SSSR count). The number of primary sulfonamides is 1. The van der Waals surface area contributed by atoms with Crippen LogP contribution >= 0.6 is 0 Å². The number of rotatable bonds is 5. The molecule has 1 saturated carbocycles. The second-order valence-electron chi connectivity index (χ2n) is 6.13. The second kappa shape index (κ2) is 5.67. The van der Waals surface area contributed by atoms with Crippen molar-refractivity contribution in [3.63, 3.8) is 0 Å². The Balaban J connectivity index is 2.51. The minimum absolute atomic E-state index is 0.00319. The maximum Gasteiger partial charge on any atom is 0.209 e. The van der Waals surface area contributed by atoms with E-state index in [1.54, 1.807) is 0 Å². The van der Waals surface area contributed by atoms with Gasteiger partial charge in [0.25, 0.3) is 0 Å². The Kier molecular flexibility index (Phi) is 4.98. The van der Waals surface area contributed by atoms with Crippen LogP contribution in [-0.2, 0) is 14.8 Å². The fourth-order valence-corrected chi connectivity index (χ4v) is 3.29. The lowest BCUT2D eigenvalue weighted by molar-refractivity contribution is 0.0123. The average Bonchev–Trinajstić information content (AvgIpc) is 2.60. The van der Waals surface area contributed by atoms with Crippen molar-refractivity contribution in [2.75, 3.05) is 12.4 Å². The molecule has 0 aromatic carbocycles. The van der Waals surface area contributed by atoms with Crippen LogP contribution in [0.5, 0.6) is 0 Å². The molecule has 1 unspecified atom stereocenters. The Labute approximate surface area is 105 Å². The van der Waals surface area contributed by atoms with Crippen LogP contribution in [0.15, 0.2) is 0 Å². The predicted molar refractivity (Wildman–Crippen MR) is 69.1 cm³/mol. The standard InChI is InChI=1S/C12H25NO3S/c1-12(2,3)10(9-17(13,14)15)8-16-11-6-4-5-7-11/h10-11H,4-9H2,1-3H3,(H2,13,14,15). The molecule has 1 atom stereocenters. The fourth-order valence-electron chi connectivity index (χ4n) is 2.14. The average molecular weight is 263 g/mol. The molecular weight excluding hydrogens is 238 g/mol. The van der Waals surface area contributed by atoms with E-state index >= 15 is 0 Å². The number of sulfonamides is 1. The summed E-state index contributed by atoms with van der Waals surface area (Å²) in [5.74, 6) is -0.0402. The highest BCUT2D eigenvalue weighted by Gasteiger charge is 2.29. The summed E-state index contributed by atoms with van der Waals surface area (Å²) in [7, 11) is -3.43. The maximum atomic E-state index is 11.2.